The number of fused-ring (bicyclic) bond motifs is 3. The van der Waals surface area contributed by atoms with Crippen molar-refractivity contribution < 1.29 is 34.8 Å². The third-order valence-corrected chi connectivity index (χ3v) is 10.9. The van der Waals surface area contributed by atoms with Crippen molar-refractivity contribution in [1.82, 2.24) is 10.6 Å². The number of hydrogen-bond donors (Lipinski definition) is 10. The Balaban J connectivity index is 0.000000148. The molecule has 332 valence electrons. The number of carbonyl (C=O) groups is 3. The van der Waals surface area contributed by atoms with E-state index < -0.39 is 24.3 Å². The first-order valence-electron chi connectivity index (χ1n) is 21.3. The second-order valence-corrected chi connectivity index (χ2v) is 15.7. The van der Waals surface area contributed by atoms with Gasteiger partial charge in [-0.15, -0.1) is 0 Å². The van der Waals surface area contributed by atoms with Gasteiger partial charge in [0.25, 0.3) is 11.8 Å². The van der Waals surface area contributed by atoms with Crippen LogP contribution >= 0.6 is 0 Å². The van der Waals surface area contributed by atoms with Crippen LogP contribution in [0.3, 0.4) is 0 Å². The van der Waals surface area contributed by atoms with Crippen molar-refractivity contribution in [1.29, 1.82) is 0 Å². The average molecular weight is 865 g/mol. The Morgan fingerprint density at radius 2 is 0.766 bits per heavy atom. The number of benzene rings is 6. The zero-order chi connectivity index (χ0) is 45.3. The lowest BCUT2D eigenvalue weighted by atomic mass is 9.99. The van der Waals surface area contributed by atoms with Gasteiger partial charge < -0.3 is 52.7 Å². The van der Waals surface area contributed by atoms with Crippen LogP contribution in [-0.2, 0) is 33.6 Å². The number of nitrogens with one attached hydrogen (secondary N) is 5. The summed E-state index contributed by atoms with van der Waals surface area (Å²) in [6.45, 7) is 2.24. The summed E-state index contributed by atoms with van der Waals surface area (Å²) < 4.78 is 0. The van der Waals surface area contributed by atoms with Crippen LogP contribution in [0.15, 0.2) is 164 Å². The van der Waals surface area contributed by atoms with Gasteiger partial charge in [-0.1, -0.05) is 146 Å². The van der Waals surface area contributed by atoms with E-state index in [1.165, 1.54) is 22.4 Å². The van der Waals surface area contributed by atoms with Crippen LogP contribution in [0.25, 0.3) is 0 Å². The summed E-state index contributed by atoms with van der Waals surface area (Å²) in [5.74, 6) is -1.93. The molecule has 3 heterocycles. The minimum Gasteiger partial charge on any atom is -0.479 e. The molecule has 13 nitrogen and oxygen atoms in total. The van der Waals surface area contributed by atoms with Crippen molar-refractivity contribution >= 4 is 34.8 Å². The smallest absolute Gasteiger partial charge is 0.337 e. The lowest BCUT2D eigenvalue weighted by Gasteiger charge is -2.27. The number of carbonyl (C=O) groups excluding carboxylic acids is 2. The molecule has 0 radical (unpaired) electrons. The van der Waals surface area contributed by atoms with E-state index in [1.807, 2.05) is 91.0 Å². The maximum Gasteiger partial charge on any atom is 0.337 e. The number of para-hydroxylation sites is 3. The van der Waals surface area contributed by atoms with E-state index in [1.54, 1.807) is 54.6 Å². The van der Waals surface area contributed by atoms with Crippen molar-refractivity contribution in [3.05, 3.63) is 197 Å². The fraction of sp³-hybridized carbons (Fsp3) is 0.235. The number of aliphatic hydroxyl groups is 3. The number of aliphatic carboxylic acids is 1. The van der Waals surface area contributed by atoms with E-state index in [0.29, 0.717) is 29.8 Å². The van der Waals surface area contributed by atoms with Gasteiger partial charge in [0.1, 0.15) is 0 Å². The summed E-state index contributed by atoms with van der Waals surface area (Å²) in [6.07, 6.45) is -1.10. The van der Waals surface area contributed by atoms with Crippen LogP contribution in [0.5, 0.6) is 0 Å². The lowest BCUT2D eigenvalue weighted by molar-refractivity contribution is -0.147. The number of aliphatic hydroxyl groups excluding tert-OH is 3. The molecule has 13 heteroatoms. The molecule has 64 heavy (non-hydrogen) atoms. The number of rotatable bonds is 8. The van der Waals surface area contributed by atoms with Crippen molar-refractivity contribution in [2.24, 2.45) is 5.73 Å². The van der Waals surface area contributed by atoms with E-state index >= 15 is 0 Å². The number of hydrogen-bond acceptors (Lipinski definition) is 10. The summed E-state index contributed by atoms with van der Waals surface area (Å²) in [6, 6.07) is 50.9. The van der Waals surface area contributed by atoms with Gasteiger partial charge in [0.05, 0.1) is 12.1 Å². The number of anilines is 3. The largest absolute Gasteiger partial charge is 0.479 e. The Kier molecular flexibility index (Phi) is 17.0. The molecule has 11 N–H and O–H groups in total. The number of carboxylic acid groups (broad SMARTS) is 1. The van der Waals surface area contributed by atoms with Crippen LogP contribution in [0.2, 0.25) is 0 Å². The van der Waals surface area contributed by atoms with Crippen molar-refractivity contribution in [2.45, 2.75) is 55.7 Å². The van der Waals surface area contributed by atoms with E-state index in [2.05, 4.69) is 44.8 Å². The predicted octanol–water partition coefficient (Wildman–Crippen LogP) is 5.53. The topological polar surface area (TPSA) is 218 Å². The molecule has 3 aliphatic rings. The highest BCUT2D eigenvalue weighted by Gasteiger charge is 2.25. The van der Waals surface area contributed by atoms with Crippen molar-refractivity contribution in [3.63, 3.8) is 0 Å². The zero-order valence-corrected chi connectivity index (χ0v) is 35.4. The maximum absolute atomic E-state index is 12.1. The molecular weight excluding hydrogens is 809 g/mol. The highest BCUT2D eigenvalue weighted by molar-refractivity contribution is 5.83. The number of amides is 2. The normalized spacial score (nSPS) is 17.9. The fourth-order valence-electron chi connectivity index (χ4n) is 7.47. The van der Waals surface area contributed by atoms with Crippen LogP contribution in [0.4, 0.5) is 17.1 Å². The van der Waals surface area contributed by atoms with Crippen molar-refractivity contribution in [3.8, 4) is 0 Å². The molecule has 6 aromatic rings. The molecule has 6 aromatic carbocycles. The zero-order valence-electron chi connectivity index (χ0n) is 35.4. The molecule has 0 aromatic heterocycles. The van der Waals surface area contributed by atoms with Crippen LogP contribution in [0.1, 0.15) is 51.7 Å². The molecule has 6 atom stereocenters. The van der Waals surface area contributed by atoms with Crippen LogP contribution in [-0.4, -0.2) is 76.0 Å². The molecule has 0 spiro atoms. The minimum atomic E-state index is -1.41. The average Bonchev–Trinajstić information content (AvgIpc) is 3.34. The third-order valence-electron chi connectivity index (χ3n) is 10.9. The van der Waals surface area contributed by atoms with E-state index in [-0.39, 0.29) is 29.9 Å². The van der Waals surface area contributed by atoms with Crippen molar-refractivity contribution in [2.75, 3.05) is 35.6 Å². The molecular formula is C51H56N6O7. The lowest BCUT2D eigenvalue weighted by Crippen LogP contribution is -2.45. The van der Waals surface area contributed by atoms with E-state index in [4.69, 9.17) is 15.9 Å². The Hall–Kier alpha value is -7.03. The van der Waals surface area contributed by atoms with E-state index in [9.17, 15) is 24.6 Å². The third kappa shape index (κ3) is 13.5. The molecule has 0 fully saturated rings. The summed E-state index contributed by atoms with van der Waals surface area (Å²) in [4.78, 5) is 34.5. The first-order chi connectivity index (χ1) is 31.0. The first-order valence-corrected chi connectivity index (χ1v) is 21.3. The Morgan fingerprint density at radius 3 is 1.14 bits per heavy atom. The summed E-state index contributed by atoms with van der Waals surface area (Å²) in [5.41, 5.74) is 14.6. The van der Waals surface area contributed by atoms with Gasteiger partial charge in [0.15, 0.2) is 18.3 Å². The molecule has 1 unspecified atom stereocenters. The van der Waals surface area contributed by atoms with Crippen LogP contribution < -0.4 is 32.3 Å². The molecule has 0 saturated carbocycles. The van der Waals surface area contributed by atoms with Gasteiger partial charge in [-0.2, -0.15) is 0 Å². The van der Waals surface area contributed by atoms with Gasteiger partial charge in [-0.05, 0) is 70.8 Å². The summed E-state index contributed by atoms with van der Waals surface area (Å²) in [7, 11) is 0. The SMILES string of the molecule is NC1CNc2ccccc2C1.O=C(N[C@@H]1CNc2ccccc2C1)[C@@H](O)c1ccccc1.O=C(N[C@H]1CNc2ccccc2C1)[C@@H](O)c1ccccc1.O=C(O)[C@@H](O)c1ccccc1. The minimum absolute atomic E-state index is 0.00855. The number of nitrogens with two attached hydrogens (primary N) is 1. The van der Waals surface area contributed by atoms with Gasteiger partial charge >= 0.3 is 5.97 Å². The standard InChI is InChI=1S/2C17H18N2O2.C9H12N2.C8H8O3/c2*20-16(12-6-2-1-3-7-12)17(21)19-14-10-13-8-4-5-9-15(13)18-11-14;10-8-5-7-3-1-2-4-9(7)11-6-8;9-7(8(10)11)6-4-2-1-3-5-6/h2*1-9,14,16,18,20H,10-11H2,(H,19,21);1-4,8,11H,5-6,10H2;1-5,7,9H,(H,10,11)/t14-,16+;14-,16-;;7-/m10.0/s1. The molecule has 2 amide bonds. The predicted molar refractivity (Wildman–Crippen MR) is 250 cm³/mol. The molecule has 9 rings (SSSR count). The molecule has 0 bridgehead atoms. The Labute approximate surface area is 373 Å². The number of carboxylic acids is 1. The monoisotopic (exact) mass is 864 g/mol. The Bertz CT molecular complexity index is 2290. The molecule has 3 aliphatic heterocycles. The second-order valence-electron chi connectivity index (χ2n) is 15.7. The Morgan fingerprint density at radius 1 is 0.453 bits per heavy atom. The van der Waals surface area contributed by atoms with Gasteiger partial charge in [-0.3, -0.25) is 9.59 Å². The van der Waals surface area contributed by atoms with E-state index in [0.717, 1.165) is 37.2 Å². The summed E-state index contributed by atoms with van der Waals surface area (Å²) in [5, 5.41) is 53.2. The van der Waals surface area contributed by atoms with Gasteiger partial charge in [0, 0.05) is 42.7 Å². The first kappa shape index (κ1) is 46.5. The quantitative estimate of drug-likeness (QED) is 0.0918. The maximum atomic E-state index is 12.1. The molecule has 0 aliphatic carbocycles. The van der Waals surface area contributed by atoms with Crippen LogP contribution in [0, 0.1) is 0 Å². The fourth-order valence-corrected chi connectivity index (χ4v) is 7.47. The van der Waals surface area contributed by atoms with Gasteiger partial charge in [-0.25, -0.2) is 4.79 Å². The summed E-state index contributed by atoms with van der Waals surface area (Å²) >= 11 is 0. The second kappa shape index (κ2) is 23.4. The molecule has 0 saturated heterocycles. The van der Waals surface area contributed by atoms with Gasteiger partial charge in [0.2, 0.25) is 0 Å². The highest BCUT2D eigenvalue weighted by atomic mass is 16.4. The highest BCUT2D eigenvalue weighted by Crippen LogP contribution is 2.24.